The van der Waals surface area contributed by atoms with Gasteiger partial charge < -0.3 is 25.2 Å². The number of nitrogens with one attached hydrogen (secondary N) is 3. The molecule has 2 heterocycles. The van der Waals surface area contributed by atoms with Gasteiger partial charge in [-0.15, -0.1) is 0 Å². The lowest BCUT2D eigenvalue weighted by molar-refractivity contribution is -0.140. The number of aryl methyl sites for hydroxylation is 1. The van der Waals surface area contributed by atoms with Gasteiger partial charge in [0, 0.05) is 5.56 Å². The first kappa shape index (κ1) is 24.0. The number of nitrogens with zero attached hydrogens (tertiary/aromatic N) is 1. The standard InChI is InChI=1S/C23H28N4O6/c1-14(2)19(27-23(31)32-13-15-7-4-3-5-8-15)21(29)26-17-10-6-9-16-11-25-33-18(16)12-24-22(30)20(17)28/h3-5,7-8,11,14,17,19H,6,9-10,12-13H2,1-2H3,(H,24,30)(H,26,29)(H,27,31). The molecule has 0 bridgehead atoms. The fourth-order valence-electron chi connectivity index (χ4n) is 3.49. The van der Waals surface area contributed by atoms with Crippen LogP contribution in [0.3, 0.4) is 0 Å². The third-order valence-corrected chi connectivity index (χ3v) is 5.37. The monoisotopic (exact) mass is 456 g/mol. The summed E-state index contributed by atoms with van der Waals surface area (Å²) in [6, 6.07) is 7.20. The number of carbonyl (C=O) groups is 4. The number of hydrogen-bond donors (Lipinski definition) is 3. The molecule has 0 fully saturated rings. The van der Waals surface area contributed by atoms with E-state index in [0.717, 1.165) is 11.1 Å². The summed E-state index contributed by atoms with van der Waals surface area (Å²) in [5.41, 5.74) is 1.66. The zero-order valence-electron chi connectivity index (χ0n) is 18.6. The van der Waals surface area contributed by atoms with E-state index in [0.29, 0.717) is 18.6 Å². The van der Waals surface area contributed by atoms with Gasteiger partial charge in [-0.3, -0.25) is 14.4 Å². The highest BCUT2D eigenvalue weighted by molar-refractivity contribution is 6.38. The zero-order chi connectivity index (χ0) is 23.8. The number of benzene rings is 1. The average Bonchev–Trinajstić information content (AvgIpc) is 3.25. The number of amides is 3. The second-order valence-electron chi connectivity index (χ2n) is 8.20. The predicted octanol–water partition coefficient (Wildman–Crippen LogP) is 1.63. The highest BCUT2D eigenvalue weighted by Gasteiger charge is 2.32. The number of ether oxygens (including phenoxy) is 1. The van der Waals surface area contributed by atoms with Crippen molar-refractivity contribution < 1.29 is 28.4 Å². The number of aromatic nitrogens is 1. The first-order valence-corrected chi connectivity index (χ1v) is 10.9. The van der Waals surface area contributed by atoms with E-state index < -0.39 is 35.8 Å². The van der Waals surface area contributed by atoms with Crippen molar-refractivity contribution in [1.29, 1.82) is 0 Å². The van der Waals surface area contributed by atoms with Crippen molar-refractivity contribution >= 4 is 23.7 Å². The van der Waals surface area contributed by atoms with E-state index in [1.165, 1.54) is 0 Å². The van der Waals surface area contributed by atoms with Gasteiger partial charge in [-0.25, -0.2) is 4.79 Å². The Morgan fingerprint density at radius 3 is 2.73 bits per heavy atom. The van der Waals surface area contributed by atoms with E-state index in [-0.39, 0.29) is 25.5 Å². The van der Waals surface area contributed by atoms with E-state index in [2.05, 4.69) is 21.1 Å². The van der Waals surface area contributed by atoms with Crippen LogP contribution in [0.25, 0.3) is 0 Å². The van der Waals surface area contributed by atoms with Crippen molar-refractivity contribution in [3.63, 3.8) is 0 Å². The first-order valence-electron chi connectivity index (χ1n) is 10.9. The summed E-state index contributed by atoms with van der Waals surface area (Å²) in [6.45, 7) is 3.63. The summed E-state index contributed by atoms with van der Waals surface area (Å²) in [5.74, 6) is -1.90. The van der Waals surface area contributed by atoms with Crippen LogP contribution in [0.5, 0.6) is 0 Å². The third kappa shape index (κ3) is 6.64. The number of fused-ring (bicyclic) bond motifs is 1. The van der Waals surface area contributed by atoms with Crippen molar-refractivity contribution in [2.45, 2.75) is 58.3 Å². The van der Waals surface area contributed by atoms with Crippen molar-refractivity contribution in [3.05, 3.63) is 53.4 Å². The van der Waals surface area contributed by atoms with Crippen LogP contribution in [0.2, 0.25) is 0 Å². The molecule has 1 aliphatic heterocycles. The average molecular weight is 456 g/mol. The molecule has 2 atom stereocenters. The molecular formula is C23H28N4O6. The number of alkyl carbamates (subject to hydrolysis) is 1. The highest BCUT2D eigenvalue weighted by Crippen LogP contribution is 2.15. The maximum Gasteiger partial charge on any atom is 0.408 e. The molecule has 0 spiro atoms. The molecule has 1 aromatic heterocycles. The van der Waals surface area contributed by atoms with Gasteiger partial charge >= 0.3 is 6.09 Å². The van der Waals surface area contributed by atoms with Crippen LogP contribution >= 0.6 is 0 Å². The summed E-state index contributed by atoms with van der Waals surface area (Å²) < 4.78 is 10.3. The maximum absolute atomic E-state index is 12.9. The molecule has 1 aromatic carbocycles. The van der Waals surface area contributed by atoms with Crippen LogP contribution in [0.4, 0.5) is 4.79 Å². The summed E-state index contributed by atoms with van der Waals surface area (Å²) in [6.07, 6.45) is 2.22. The quantitative estimate of drug-likeness (QED) is 0.561. The highest BCUT2D eigenvalue weighted by atomic mass is 16.5. The molecule has 10 nitrogen and oxygen atoms in total. The lowest BCUT2D eigenvalue weighted by atomic mass is 9.98. The normalized spacial score (nSPS) is 17.5. The van der Waals surface area contributed by atoms with Crippen molar-refractivity contribution in [2.75, 3.05) is 0 Å². The van der Waals surface area contributed by atoms with E-state index in [1.807, 2.05) is 30.3 Å². The van der Waals surface area contributed by atoms with Gasteiger partial charge in [-0.2, -0.15) is 0 Å². The Bertz CT molecular complexity index is 988. The molecule has 0 saturated carbocycles. The van der Waals surface area contributed by atoms with Gasteiger partial charge in [-0.05, 0) is 30.7 Å². The summed E-state index contributed by atoms with van der Waals surface area (Å²) in [7, 11) is 0. The Kier molecular flexibility index (Phi) is 8.17. The molecule has 0 saturated heterocycles. The summed E-state index contributed by atoms with van der Waals surface area (Å²) in [5, 5.41) is 11.4. The van der Waals surface area contributed by atoms with Crippen molar-refractivity contribution in [1.82, 2.24) is 21.1 Å². The fraction of sp³-hybridized carbons (Fsp3) is 0.435. The topological polar surface area (TPSA) is 140 Å². The van der Waals surface area contributed by atoms with E-state index in [1.54, 1.807) is 20.0 Å². The van der Waals surface area contributed by atoms with Crippen LogP contribution in [0.1, 0.15) is 43.6 Å². The minimum Gasteiger partial charge on any atom is -0.445 e. The number of Topliss-reactive ketones (excluding diaryl/α,β-unsaturated/α-hetero) is 1. The number of hydrogen-bond acceptors (Lipinski definition) is 7. The molecule has 176 valence electrons. The van der Waals surface area contributed by atoms with Gasteiger partial charge in [-0.1, -0.05) is 49.3 Å². The molecule has 3 rings (SSSR count). The molecule has 3 amide bonds. The second-order valence-corrected chi connectivity index (χ2v) is 8.20. The summed E-state index contributed by atoms with van der Waals surface area (Å²) >= 11 is 0. The minimum absolute atomic E-state index is 0.0456. The van der Waals surface area contributed by atoms with Gasteiger partial charge in [0.2, 0.25) is 11.7 Å². The molecule has 0 aliphatic carbocycles. The maximum atomic E-state index is 12.9. The van der Waals surface area contributed by atoms with Crippen LogP contribution in [-0.4, -0.2) is 40.9 Å². The first-order chi connectivity index (χ1) is 15.8. The number of carbonyl (C=O) groups excluding carboxylic acids is 4. The summed E-state index contributed by atoms with van der Waals surface area (Å²) in [4.78, 5) is 50.1. The lowest BCUT2D eigenvalue weighted by Gasteiger charge is -2.25. The van der Waals surface area contributed by atoms with Crippen molar-refractivity contribution in [2.24, 2.45) is 5.92 Å². The third-order valence-electron chi connectivity index (χ3n) is 5.37. The Morgan fingerprint density at radius 1 is 1.24 bits per heavy atom. The van der Waals surface area contributed by atoms with Gasteiger partial charge in [0.05, 0.1) is 18.8 Å². The second kappa shape index (κ2) is 11.3. The van der Waals surface area contributed by atoms with Gasteiger partial charge in [0.15, 0.2) is 5.76 Å². The van der Waals surface area contributed by atoms with E-state index in [4.69, 9.17) is 9.26 Å². The molecule has 2 aromatic rings. The van der Waals surface area contributed by atoms with E-state index in [9.17, 15) is 19.2 Å². The Balaban J connectivity index is 1.61. The molecule has 3 N–H and O–H groups in total. The lowest BCUT2D eigenvalue weighted by Crippen LogP contribution is -2.55. The molecule has 1 aliphatic rings. The van der Waals surface area contributed by atoms with Gasteiger partial charge in [0.25, 0.3) is 5.91 Å². The molecule has 0 radical (unpaired) electrons. The van der Waals surface area contributed by atoms with Crippen LogP contribution in [0.15, 0.2) is 41.1 Å². The number of rotatable bonds is 6. The minimum atomic E-state index is -1.01. The van der Waals surface area contributed by atoms with Crippen molar-refractivity contribution in [3.8, 4) is 0 Å². The Hall–Kier alpha value is -3.69. The fourth-order valence-corrected chi connectivity index (χ4v) is 3.49. The van der Waals surface area contributed by atoms with Crippen LogP contribution in [-0.2, 0) is 38.7 Å². The molecular weight excluding hydrogens is 428 g/mol. The molecule has 2 unspecified atom stereocenters. The zero-order valence-corrected chi connectivity index (χ0v) is 18.6. The van der Waals surface area contributed by atoms with Crippen LogP contribution in [0, 0.1) is 5.92 Å². The SMILES string of the molecule is CC(C)C(NC(=O)OCc1ccccc1)C(=O)NC1CCCc2cnoc2CNC(=O)C1=O. The number of ketones is 1. The van der Waals surface area contributed by atoms with E-state index >= 15 is 0 Å². The van der Waals surface area contributed by atoms with Crippen LogP contribution < -0.4 is 16.0 Å². The van der Waals surface area contributed by atoms with Gasteiger partial charge in [0.1, 0.15) is 12.6 Å². The Labute approximate surface area is 191 Å². The smallest absolute Gasteiger partial charge is 0.408 e. The predicted molar refractivity (Wildman–Crippen MR) is 117 cm³/mol. The molecule has 33 heavy (non-hydrogen) atoms. The molecule has 10 heteroatoms. The Morgan fingerprint density at radius 2 is 2.00 bits per heavy atom. The largest absolute Gasteiger partial charge is 0.445 e.